The van der Waals surface area contributed by atoms with E-state index in [2.05, 4.69) is 34.5 Å². The van der Waals surface area contributed by atoms with Gasteiger partial charge in [0, 0.05) is 42.5 Å². The first-order valence-electron chi connectivity index (χ1n) is 14.0. The number of hydrogen-bond donors (Lipinski definition) is 3. The first-order chi connectivity index (χ1) is 19.1. The molecule has 3 N–H and O–H groups in total. The largest absolute Gasteiger partial charge is 0.489 e. The predicted molar refractivity (Wildman–Crippen MR) is 153 cm³/mol. The third-order valence-corrected chi connectivity index (χ3v) is 7.88. The first-order valence-corrected chi connectivity index (χ1v) is 14.0. The normalized spacial score (nSPS) is 18.3. The lowest BCUT2D eigenvalue weighted by Gasteiger charge is -2.26. The maximum atomic E-state index is 13.0. The highest BCUT2D eigenvalue weighted by Crippen LogP contribution is 2.28. The van der Waals surface area contributed by atoms with Gasteiger partial charge in [-0.15, -0.1) is 0 Å². The molecule has 7 nitrogen and oxygen atoms in total. The Balaban J connectivity index is 1.26. The molecule has 0 spiro atoms. The summed E-state index contributed by atoms with van der Waals surface area (Å²) >= 11 is 0. The van der Waals surface area contributed by atoms with Crippen LogP contribution in [0.2, 0.25) is 0 Å². The third kappa shape index (κ3) is 6.85. The van der Waals surface area contributed by atoms with Crippen molar-refractivity contribution < 1.29 is 19.5 Å². The molecule has 1 aliphatic heterocycles. The number of ether oxygens (including phenoxy) is 1. The van der Waals surface area contributed by atoms with Gasteiger partial charge in [0.15, 0.2) is 0 Å². The van der Waals surface area contributed by atoms with Gasteiger partial charge in [0.1, 0.15) is 12.4 Å². The average Bonchev–Trinajstić information content (AvgIpc) is 3.47. The Hall–Kier alpha value is -3.68. The molecule has 7 heteroatoms. The fraction of sp³-hybridized carbons (Fsp3) is 0.375. The van der Waals surface area contributed by atoms with Gasteiger partial charge in [0.2, 0.25) is 5.91 Å². The van der Waals surface area contributed by atoms with Crippen molar-refractivity contribution in [3.8, 4) is 5.75 Å². The molecule has 3 aromatic rings. The maximum Gasteiger partial charge on any atom is 0.274 e. The molecule has 0 aromatic heterocycles. The van der Waals surface area contributed by atoms with Crippen LogP contribution in [0.4, 0.5) is 0 Å². The Morgan fingerprint density at radius 3 is 2.51 bits per heavy atom. The quantitative estimate of drug-likeness (QED) is 0.263. The molecule has 5 rings (SSSR count). The lowest BCUT2D eigenvalue weighted by Crippen LogP contribution is -2.39. The molecule has 1 aliphatic carbocycles. The molecule has 0 bridgehead atoms. The van der Waals surface area contributed by atoms with Crippen LogP contribution < -0.4 is 15.5 Å². The van der Waals surface area contributed by atoms with Gasteiger partial charge in [-0.1, -0.05) is 73.9 Å². The van der Waals surface area contributed by atoms with Crippen molar-refractivity contribution in [3.05, 3.63) is 83.4 Å². The topological polar surface area (TPSA) is 90.9 Å². The Morgan fingerprint density at radius 2 is 1.72 bits per heavy atom. The minimum atomic E-state index is -0.541. The third-order valence-electron chi connectivity index (χ3n) is 7.88. The van der Waals surface area contributed by atoms with Crippen molar-refractivity contribution in [2.24, 2.45) is 5.92 Å². The van der Waals surface area contributed by atoms with Crippen LogP contribution in [-0.4, -0.2) is 54.2 Å². The second kappa shape index (κ2) is 12.9. The van der Waals surface area contributed by atoms with Crippen LogP contribution >= 0.6 is 0 Å². The summed E-state index contributed by atoms with van der Waals surface area (Å²) in [5.74, 6) is 0.832. The van der Waals surface area contributed by atoms with E-state index in [1.54, 1.807) is 17.6 Å². The maximum absolute atomic E-state index is 13.0. The minimum Gasteiger partial charge on any atom is -0.489 e. The van der Waals surface area contributed by atoms with Crippen molar-refractivity contribution in [2.45, 2.75) is 44.6 Å². The van der Waals surface area contributed by atoms with Gasteiger partial charge in [-0.05, 0) is 54.0 Å². The van der Waals surface area contributed by atoms with Crippen LogP contribution in [0.1, 0.15) is 54.4 Å². The van der Waals surface area contributed by atoms with Gasteiger partial charge in [-0.25, -0.2) is 5.48 Å². The first kappa shape index (κ1) is 26.9. The molecule has 2 amide bonds. The van der Waals surface area contributed by atoms with Gasteiger partial charge in [0.25, 0.3) is 5.91 Å². The lowest BCUT2D eigenvalue weighted by atomic mass is 9.88. The highest BCUT2D eigenvalue weighted by atomic mass is 16.5. The summed E-state index contributed by atoms with van der Waals surface area (Å²) in [5.41, 5.74) is 4.04. The number of amides is 2. The van der Waals surface area contributed by atoms with E-state index >= 15 is 0 Å². The van der Waals surface area contributed by atoms with E-state index in [1.165, 1.54) is 19.3 Å². The lowest BCUT2D eigenvalue weighted by molar-refractivity contribution is -0.135. The predicted octanol–water partition coefficient (Wildman–Crippen LogP) is 5.19. The van der Waals surface area contributed by atoms with Crippen molar-refractivity contribution in [1.82, 2.24) is 15.7 Å². The van der Waals surface area contributed by atoms with Gasteiger partial charge >= 0.3 is 0 Å². The number of fused-ring (bicyclic) bond motifs is 1. The molecule has 3 aromatic carbocycles. The summed E-state index contributed by atoms with van der Waals surface area (Å²) in [7, 11) is 0. The summed E-state index contributed by atoms with van der Waals surface area (Å²) in [5, 5.41) is 14.8. The molecule has 2 aliphatic rings. The second-order valence-electron chi connectivity index (χ2n) is 10.6. The summed E-state index contributed by atoms with van der Waals surface area (Å²) in [6.07, 6.45) is 8.67. The van der Waals surface area contributed by atoms with Crippen molar-refractivity contribution in [2.75, 3.05) is 26.2 Å². The molecule has 1 saturated heterocycles. The minimum absolute atomic E-state index is 0.206. The van der Waals surface area contributed by atoms with Crippen LogP contribution in [0.15, 0.2) is 72.3 Å². The Morgan fingerprint density at radius 1 is 0.949 bits per heavy atom. The number of rotatable bonds is 9. The van der Waals surface area contributed by atoms with Crippen LogP contribution in [-0.2, 0) is 4.79 Å². The zero-order valence-corrected chi connectivity index (χ0v) is 22.3. The molecule has 1 heterocycles. The Labute approximate surface area is 229 Å². The molecule has 39 heavy (non-hydrogen) atoms. The molecule has 204 valence electrons. The molecule has 2 fully saturated rings. The molecule has 0 radical (unpaired) electrons. The van der Waals surface area contributed by atoms with E-state index in [4.69, 9.17) is 9.94 Å². The molecular weight excluding hydrogens is 490 g/mol. The number of nitrogens with one attached hydrogen (secondary N) is 2. The molecule has 1 atom stereocenters. The fourth-order valence-corrected chi connectivity index (χ4v) is 5.68. The Kier molecular flexibility index (Phi) is 8.91. The highest BCUT2D eigenvalue weighted by molar-refractivity contribution is 5.93. The smallest absolute Gasteiger partial charge is 0.274 e. The van der Waals surface area contributed by atoms with Crippen LogP contribution in [0.25, 0.3) is 16.8 Å². The number of hydroxylamine groups is 1. The highest BCUT2D eigenvalue weighted by Gasteiger charge is 2.31. The average molecular weight is 528 g/mol. The monoisotopic (exact) mass is 527 g/mol. The van der Waals surface area contributed by atoms with E-state index in [0.717, 1.165) is 60.0 Å². The molecule has 1 unspecified atom stereocenters. The Bertz CT molecular complexity index is 1310. The van der Waals surface area contributed by atoms with Crippen molar-refractivity contribution in [3.63, 3.8) is 0 Å². The van der Waals surface area contributed by atoms with Gasteiger partial charge in [-0.2, -0.15) is 0 Å². The van der Waals surface area contributed by atoms with Gasteiger partial charge < -0.3 is 15.0 Å². The number of carbonyl (C=O) groups excluding carboxylic acids is 2. The van der Waals surface area contributed by atoms with E-state index in [-0.39, 0.29) is 12.0 Å². The zero-order valence-electron chi connectivity index (χ0n) is 22.3. The van der Waals surface area contributed by atoms with E-state index in [0.29, 0.717) is 24.6 Å². The van der Waals surface area contributed by atoms with Crippen LogP contribution in [0, 0.1) is 5.92 Å². The summed E-state index contributed by atoms with van der Waals surface area (Å²) in [6, 6.07) is 21.5. The van der Waals surface area contributed by atoms with Gasteiger partial charge in [-0.3, -0.25) is 14.8 Å². The fourth-order valence-electron chi connectivity index (χ4n) is 5.68. The second-order valence-corrected chi connectivity index (χ2v) is 10.6. The summed E-state index contributed by atoms with van der Waals surface area (Å²) in [4.78, 5) is 26.8. The SMILES string of the molecule is O=C(NO)c1ccc(/C=C(\CNC2CCN(C(=O)C3CCCCC3)C2)COc2cccc3ccccc23)cc1. The van der Waals surface area contributed by atoms with E-state index in [1.807, 2.05) is 36.4 Å². The number of benzene rings is 3. The number of hydrogen-bond acceptors (Lipinski definition) is 5. The van der Waals surface area contributed by atoms with Crippen molar-refractivity contribution >= 4 is 28.7 Å². The van der Waals surface area contributed by atoms with E-state index < -0.39 is 5.91 Å². The number of likely N-dealkylation sites (tertiary alicyclic amines) is 1. The standard InChI is InChI=1S/C32H37N3O4/c36-31(34-38)26-15-13-23(14-16-26)19-24(22-39-30-12-6-10-25-7-4-5-11-29(25)30)20-33-28-17-18-35(21-28)32(37)27-8-2-1-3-9-27/h4-7,10-16,19,27-28,33,38H,1-3,8-9,17-18,20-22H2,(H,34,36)/b24-19+. The van der Waals surface area contributed by atoms with Gasteiger partial charge in [0.05, 0.1) is 0 Å². The molecular formula is C32H37N3O4. The number of carbonyl (C=O) groups is 2. The van der Waals surface area contributed by atoms with E-state index in [9.17, 15) is 9.59 Å². The summed E-state index contributed by atoms with van der Waals surface area (Å²) < 4.78 is 6.32. The summed E-state index contributed by atoms with van der Waals surface area (Å²) in [6.45, 7) is 2.59. The van der Waals surface area contributed by atoms with Crippen LogP contribution in [0.3, 0.4) is 0 Å². The number of nitrogens with zero attached hydrogens (tertiary/aromatic N) is 1. The van der Waals surface area contributed by atoms with Crippen LogP contribution in [0.5, 0.6) is 5.75 Å². The zero-order chi connectivity index (χ0) is 27.0. The van der Waals surface area contributed by atoms with Crippen molar-refractivity contribution in [1.29, 1.82) is 0 Å². The molecule has 1 saturated carbocycles.